The van der Waals surface area contributed by atoms with E-state index < -0.39 is 0 Å². The fraction of sp³-hybridized carbons (Fsp3) is 0.522. The molecule has 0 unspecified atom stereocenters. The van der Waals surface area contributed by atoms with Crippen molar-refractivity contribution in [1.82, 2.24) is 29.5 Å². The molecule has 0 spiro atoms. The molecule has 1 amide bonds. The topological polar surface area (TPSA) is 70.6 Å². The molecule has 8 heteroatoms. The zero-order valence-electron chi connectivity index (χ0n) is 18.7. The number of hydrogen-bond acceptors (Lipinski definition) is 6. The highest BCUT2D eigenvalue weighted by atomic mass is 16.3. The highest BCUT2D eigenvalue weighted by Crippen LogP contribution is 2.44. The van der Waals surface area contributed by atoms with Crippen molar-refractivity contribution in [2.45, 2.75) is 13.5 Å². The van der Waals surface area contributed by atoms with Gasteiger partial charge in [0, 0.05) is 56.1 Å². The maximum atomic E-state index is 13.5. The van der Waals surface area contributed by atoms with Crippen LogP contribution in [-0.2, 0) is 13.6 Å². The minimum Gasteiger partial charge on any atom is -0.451 e. The second kappa shape index (κ2) is 7.46. The lowest BCUT2D eigenvalue weighted by Crippen LogP contribution is -2.43. The predicted octanol–water partition coefficient (Wildman–Crippen LogP) is 2.01. The normalized spacial score (nSPS) is 23.9. The van der Waals surface area contributed by atoms with Crippen LogP contribution in [-0.4, -0.2) is 82.2 Å². The van der Waals surface area contributed by atoms with Gasteiger partial charge < -0.3 is 18.8 Å². The van der Waals surface area contributed by atoms with Crippen LogP contribution in [0.5, 0.6) is 0 Å². The first kappa shape index (κ1) is 20.2. The van der Waals surface area contributed by atoms with Gasteiger partial charge in [-0.25, -0.2) is 0 Å². The highest BCUT2D eigenvalue weighted by molar-refractivity contribution is 5.99. The number of furan rings is 1. The summed E-state index contributed by atoms with van der Waals surface area (Å²) in [6.45, 7) is 7.15. The number of carbonyl (C=O) groups excluding carboxylic acids is 1. The van der Waals surface area contributed by atoms with Crippen LogP contribution in [0, 0.1) is 18.3 Å². The van der Waals surface area contributed by atoms with E-state index in [0.29, 0.717) is 11.7 Å². The summed E-state index contributed by atoms with van der Waals surface area (Å²) >= 11 is 0. The van der Waals surface area contributed by atoms with E-state index in [0.717, 1.165) is 61.6 Å². The Morgan fingerprint density at radius 2 is 2.06 bits per heavy atom. The van der Waals surface area contributed by atoms with Crippen molar-refractivity contribution in [3.63, 3.8) is 0 Å². The summed E-state index contributed by atoms with van der Waals surface area (Å²) in [5.41, 5.74) is 1.77. The molecular weight excluding hydrogens is 392 g/mol. The molecule has 3 aromatic rings. The van der Waals surface area contributed by atoms with Crippen molar-refractivity contribution >= 4 is 16.9 Å². The number of amides is 1. The van der Waals surface area contributed by atoms with E-state index in [1.165, 1.54) is 0 Å². The second-order valence-electron chi connectivity index (χ2n) is 9.56. The molecule has 2 aliphatic heterocycles. The van der Waals surface area contributed by atoms with Gasteiger partial charge in [0.1, 0.15) is 17.7 Å². The summed E-state index contributed by atoms with van der Waals surface area (Å²) in [4.78, 5) is 20.2. The van der Waals surface area contributed by atoms with E-state index in [2.05, 4.69) is 34.1 Å². The molecule has 2 fully saturated rings. The lowest BCUT2D eigenvalue weighted by molar-refractivity contribution is 0.0717. The molecule has 31 heavy (non-hydrogen) atoms. The molecule has 2 aromatic heterocycles. The van der Waals surface area contributed by atoms with Gasteiger partial charge in [-0.05, 0) is 33.0 Å². The number of nitrogens with zero attached hydrogens (tertiary/aromatic N) is 6. The van der Waals surface area contributed by atoms with E-state index in [1.807, 2.05) is 47.7 Å². The van der Waals surface area contributed by atoms with Gasteiger partial charge in [0.05, 0.1) is 6.54 Å². The number of aryl methyl sites for hydroxylation is 2. The van der Waals surface area contributed by atoms with Gasteiger partial charge in [-0.1, -0.05) is 18.2 Å². The molecule has 0 bridgehead atoms. The van der Waals surface area contributed by atoms with Crippen LogP contribution in [0.25, 0.3) is 11.0 Å². The van der Waals surface area contributed by atoms with Crippen molar-refractivity contribution in [1.29, 1.82) is 0 Å². The minimum atomic E-state index is 0.0149. The van der Waals surface area contributed by atoms with Crippen LogP contribution in [0.4, 0.5) is 0 Å². The molecule has 2 aliphatic rings. The molecule has 8 nitrogen and oxygen atoms in total. The van der Waals surface area contributed by atoms with Gasteiger partial charge in [-0.3, -0.25) is 9.69 Å². The van der Waals surface area contributed by atoms with E-state index in [4.69, 9.17) is 4.42 Å². The average Bonchev–Trinajstić information content (AvgIpc) is 3.44. The molecule has 0 saturated carbocycles. The Hall–Kier alpha value is -2.71. The van der Waals surface area contributed by atoms with Crippen LogP contribution in [0.2, 0.25) is 0 Å². The number of aromatic nitrogens is 3. The Labute approximate surface area is 182 Å². The first-order valence-corrected chi connectivity index (χ1v) is 10.8. The van der Waals surface area contributed by atoms with Gasteiger partial charge >= 0.3 is 0 Å². The van der Waals surface area contributed by atoms with Gasteiger partial charge in [0.15, 0.2) is 5.76 Å². The fourth-order valence-electron chi connectivity index (χ4n) is 5.59. The van der Waals surface area contributed by atoms with Crippen LogP contribution in [0.3, 0.4) is 0 Å². The fourth-order valence-corrected chi connectivity index (χ4v) is 5.59. The Morgan fingerprint density at radius 1 is 1.26 bits per heavy atom. The molecule has 164 valence electrons. The van der Waals surface area contributed by atoms with Gasteiger partial charge in [0.25, 0.3) is 5.91 Å². The zero-order valence-corrected chi connectivity index (χ0v) is 18.7. The van der Waals surface area contributed by atoms with Crippen LogP contribution in [0.1, 0.15) is 21.9 Å². The number of likely N-dealkylation sites (tertiary alicyclic amines) is 2. The van der Waals surface area contributed by atoms with Crippen molar-refractivity contribution in [2.75, 3.05) is 46.8 Å². The first-order valence-electron chi connectivity index (χ1n) is 10.8. The summed E-state index contributed by atoms with van der Waals surface area (Å²) in [7, 11) is 6.22. The molecule has 0 aliphatic carbocycles. The molecule has 2 saturated heterocycles. The Balaban J connectivity index is 1.37. The third kappa shape index (κ3) is 3.43. The third-order valence-electron chi connectivity index (χ3n) is 6.96. The third-order valence-corrected chi connectivity index (χ3v) is 6.96. The number of carbonyl (C=O) groups is 1. The molecular formula is C23H30N6O2. The lowest BCUT2D eigenvalue weighted by Gasteiger charge is -2.32. The van der Waals surface area contributed by atoms with Crippen LogP contribution < -0.4 is 0 Å². The number of rotatable bonds is 5. The van der Waals surface area contributed by atoms with Crippen molar-refractivity contribution in [2.24, 2.45) is 18.4 Å². The molecule has 0 radical (unpaired) electrons. The van der Waals surface area contributed by atoms with E-state index in [1.54, 1.807) is 6.33 Å². The highest BCUT2D eigenvalue weighted by Gasteiger charge is 2.54. The summed E-state index contributed by atoms with van der Waals surface area (Å²) in [5.74, 6) is 1.90. The first-order chi connectivity index (χ1) is 14.9. The molecule has 5 rings (SSSR count). The summed E-state index contributed by atoms with van der Waals surface area (Å²) in [5, 5.41) is 9.28. The van der Waals surface area contributed by atoms with Gasteiger partial charge in [-0.15, -0.1) is 10.2 Å². The SMILES string of the molecule is Cc1c(C(=O)N2C[C@@H]3CN(Cc4nncn4C)C[C@]3(CN(C)C)C2)oc2ccccc12. The van der Waals surface area contributed by atoms with Crippen molar-refractivity contribution < 1.29 is 9.21 Å². The second-order valence-corrected chi connectivity index (χ2v) is 9.56. The summed E-state index contributed by atoms with van der Waals surface area (Å²) in [6.07, 6.45) is 1.75. The zero-order chi connectivity index (χ0) is 21.8. The van der Waals surface area contributed by atoms with E-state index >= 15 is 0 Å². The number of hydrogen-bond donors (Lipinski definition) is 0. The Bertz CT molecular complexity index is 1120. The number of benzene rings is 1. The molecule has 0 N–H and O–H groups in total. The average molecular weight is 423 g/mol. The van der Waals surface area contributed by atoms with Crippen molar-refractivity contribution in [3.8, 4) is 0 Å². The molecule has 4 heterocycles. The van der Waals surface area contributed by atoms with E-state index in [-0.39, 0.29) is 11.3 Å². The van der Waals surface area contributed by atoms with Crippen LogP contribution in [0.15, 0.2) is 35.0 Å². The smallest absolute Gasteiger partial charge is 0.289 e. The lowest BCUT2D eigenvalue weighted by atomic mass is 9.80. The van der Waals surface area contributed by atoms with Crippen molar-refractivity contribution in [3.05, 3.63) is 47.7 Å². The minimum absolute atomic E-state index is 0.0149. The maximum absolute atomic E-state index is 13.5. The summed E-state index contributed by atoms with van der Waals surface area (Å²) < 4.78 is 7.96. The maximum Gasteiger partial charge on any atom is 0.289 e. The van der Waals surface area contributed by atoms with Crippen LogP contribution >= 0.6 is 0 Å². The standard InChI is InChI=1S/C23H30N6O2/c1-16-18-7-5-6-8-19(18)31-21(16)22(30)29-10-17-9-28(11-20-25-24-15-27(20)4)13-23(17,14-29)12-26(2)3/h5-8,15,17H,9-14H2,1-4H3/t17-,23+/m0/s1. The largest absolute Gasteiger partial charge is 0.451 e. The molecule has 2 atom stereocenters. The van der Waals surface area contributed by atoms with Gasteiger partial charge in [-0.2, -0.15) is 0 Å². The van der Waals surface area contributed by atoms with Gasteiger partial charge in [0.2, 0.25) is 0 Å². The number of fused-ring (bicyclic) bond motifs is 2. The Kier molecular flexibility index (Phi) is 4.86. The monoisotopic (exact) mass is 422 g/mol. The Morgan fingerprint density at radius 3 is 2.77 bits per heavy atom. The predicted molar refractivity (Wildman–Crippen MR) is 118 cm³/mol. The van der Waals surface area contributed by atoms with E-state index in [9.17, 15) is 4.79 Å². The summed E-state index contributed by atoms with van der Waals surface area (Å²) in [6, 6.07) is 7.87. The quantitative estimate of drug-likeness (QED) is 0.626. The number of para-hydroxylation sites is 1. The molecule has 1 aromatic carbocycles.